The molecule has 0 fully saturated rings. The van der Waals surface area contributed by atoms with Crippen molar-refractivity contribution in [3.05, 3.63) is 11.8 Å². The zero-order chi connectivity index (χ0) is 17.0. The Morgan fingerprint density at radius 3 is 2.83 bits per heavy atom. The molecule has 2 rings (SSSR count). The number of halogens is 3. The molecule has 2 aromatic rings. The maximum absolute atomic E-state index is 12.1. The second-order valence-corrected chi connectivity index (χ2v) is 6.99. The standard InChI is InChI=1S/C11H12F3N5O2S2/c1-5-3-7(21-19-5)16-8(20)6(2)22-10-18-17-9(23-10)15-4-11(12,13)14/h3,6H,4H2,1-2H3,(H,15,17)(H,16,20)/t6-/m0/s1. The van der Waals surface area contributed by atoms with Crippen molar-refractivity contribution in [2.75, 3.05) is 17.2 Å². The van der Waals surface area contributed by atoms with Crippen LogP contribution in [-0.2, 0) is 4.79 Å². The lowest BCUT2D eigenvalue weighted by Crippen LogP contribution is -2.22. The summed E-state index contributed by atoms with van der Waals surface area (Å²) in [6.45, 7) is 2.16. The summed E-state index contributed by atoms with van der Waals surface area (Å²) in [7, 11) is 0. The molecule has 12 heteroatoms. The van der Waals surface area contributed by atoms with Gasteiger partial charge >= 0.3 is 6.18 Å². The molecule has 2 N–H and O–H groups in total. The molecule has 2 aromatic heterocycles. The largest absolute Gasteiger partial charge is 0.405 e. The van der Waals surface area contributed by atoms with Crippen LogP contribution < -0.4 is 10.6 Å². The summed E-state index contributed by atoms with van der Waals surface area (Å²) in [4.78, 5) is 12.0. The minimum atomic E-state index is -4.33. The molecule has 23 heavy (non-hydrogen) atoms. The number of carbonyl (C=O) groups excluding carboxylic acids is 1. The van der Waals surface area contributed by atoms with Gasteiger partial charge in [-0.3, -0.25) is 10.1 Å². The van der Waals surface area contributed by atoms with Crippen molar-refractivity contribution in [3.63, 3.8) is 0 Å². The summed E-state index contributed by atoms with van der Waals surface area (Å²) >= 11 is 2.03. The van der Waals surface area contributed by atoms with Gasteiger partial charge in [0.15, 0.2) is 4.34 Å². The van der Waals surface area contributed by atoms with Gasteiger partial charge in [0, 0.05) is 6.07 Å². The number of alkyl halides is 3. The van der Waals surface area contributed by atoms with Gasteiger partial charge in [-0.1, -0.05) is 28.3 Å². The Morgan fingerprint density at radius 2 is 2.22 bits per heavy atom. The summed E-state index contributed by atoms with van der Waals surface area (Å²) in [5.74, 6) is -0.115. The van der Waals surface area contributed by atoms with Gasteiger partial charge in [0.1, 0.15) is 6.54 Å². The lowest BCUT2D eigenvalue weighted by molar-refractivity contribution is -0.116. The summed E-state index contributed by atoms with van der Waals surface area (Å²) in [5.41, 5.74) is 0.630. The molecule has 0 bridgehead atoms. The molecular weight excluding hydrogens is 355 g/mol. The topological polar surface area (TPSA) is 92.9 Å². The van der Waals surface area contributed by atoms with Crippen molar-refractivity contribution in [1.82, 2.24) is 15.4 Å². The number of amides is 1. The maximum Gasteiger partial charge on any atom is 0.405 e. The summed E-state index contributed by atoms with van der Waals surface area (Å²) in [6, 6.07) is 1.57. The van der Waals surface area contributed by atoms with E-state index in [2.05, 4.69) is 26.0 Å². The Bertz CT molecular complexity index is 673. The molecule has 0 aliphatic rings. The van der Waals surface area contributed by atoms with Gasteiger partial charge in [-0.2, -0.15) is 13.2 Å². The second-order valence-electron chi connectivity index (χ2n) is 4.42. The third-order valence-electron chi connectivity index (χ3n) is 2.37. The quantitative estimate of drug-likeness (QED) is 0.758. The highest BCUT2D eigenvalue weighted by molar-refractivity contribution is 8.02. The maximum atomic E-state index is 12.1. The van der Waals surface area contributed by atoms with E-state index in [1.165, 1.54) is 0 Å². The van der Waals surface area contributed by atoms with Crippen LogP contribution >= 0.6 is 23.1 Å². The Morgan fingerprint density at radius 1 is 1.48 bits per heavy atom. The van der Waals surface area contributed by atoms with E-state index in [1.54, 1.807) is 19.9 Å². The predicted octanol–water partition coefficient (Wildman–Crippen LogP) is 2.93. The number of aryl methyl sites for hydroxylation is 1. The molecule has 0 saturated heterocycles. The van der Waals surface area contributed by atoms with Gasteiger partial charge in [0.05, 0.1) is 10.9 Å². The molecule has 0 aliphatic carbocycles. The summed E-state index contributed by atoms with van der Waals surface area (Å²) < 4.78 is 41.5. The number of hydrogen-bond acceptors (Lipinski definition) is 8. The summed E-state index contributed by atoms with van der Waals surface area (Å²) in [6.07, 6.45) is -4.33. The van der Waals surface area contributed by atoms with Crippen LogP contribution in [0.2, 0.25) is 0 Å². The second kappa shape index (κ2) is 7.17. The normalized spacial score (nSPS) is 12.9. The number of rotatable bonds is 6. The monoisotopic (exact) mass is 367 g/mol. The molecule has 0 radical (unpaired) electrons. The highest BCUT2D eigenvalue weighted by atomic mass is 32.2. The number of nitrogens with zero attached hydrogens (tertiary/aromatic N) is 3. The Kier molecular flexibility index (Phi) is 5.46. The smallest absolute Gasteiger partial charge is 0.351 e. The van der Waals surface area contributed by atoms with E-state index in [0.717, 1.165) is 23.1 Å². The van der Waals surface area contributed by atoms with Gasteiger partial charge in [-0.05, 0) is 13.8 Å². The molecule has 2 heterocycles. The molecular formula is C11H12F3N5O2S2. The number of anilines is 2. The average molecular weight is 367 g/mol. The van der Waals surface area contributed by atoms with Crippen molar-refractivity contribution >= 4 is 40.0 Å². The first-order chi connectivity index (χ1) is 10.7. The molecule has 0 spiro atoms. The fraction of sp³-hybridized carbons (Fsp3) is 0.455. The van der Waals surface area contributed by atoms with E-state index in [9.17, 15) is 18.0 Å². The Hall–Kier alpha value is -1.82. The van der Waals surface area contributed by atoms with E-state index in [1.807, 2.05) is 0 Å². The van der Waals surface area contributed by atoms with Crippen molar-refractivity contribution in [1.29, 1.82) is 0 Å². The van der Waals surface area contributed by atoms with Crippen molar-refractivity contribution in [3.8, 4) is 0 Å². The van der Waals surface area contributed by atoms with Gasteiger partial charge in [0.25, 0.3) is 0 Å². The first-order valence-corrected chi connectivity index (χ1v) is 7.97. The first-order valence-electron chi connectivity index (χ1n) is 6.28. The van der Waals surface area contributed by atoms with Crippen LogP contribution in [-0.4, -0.2) is 39.2 Å². The fourth-order valence-corrected chi connectivity index (χ4v) is 3.25. The van der Waals surface area contributed by atoms with Crippen LogP contribution in [0.4, 0.5) is 24.2 Å². The predicted molar refractivity (Wildman–Crippen MR) is 79.6 cm³/mol. The first kappa shape index (κ1) is 17.5. The number of carbonyl (C=O) groups is 1. The van der Waals surface area contributed by atoms with E-state index < -0.39 is 18.0 Å². The third kappa shape index (κ3) is 5.71. The lowest BCUT2D eigenvalue weighted by atomic mass is 10.4. The van der Waals surface area contributed by atoms with Crippen LogP contribution in [0.3, 0.4) is 0 Å². The molecule has 1 amide bonds. The minimum Gasteiger partial charge on any atom is -0.351 e. The number of hydrogen-bond donors (Lipinski definition) is 2. The highest BCUT2D eigenvalue weighted by Gasteiger charge is 2.27. The Labute approximate surface area is 137 Å². The average Bonchev–Trinajstić information content (AvgIpc) is 3.05. The van der Waals surface area contributed by atoms with Crippen molar-refractivity contribution < 1.29 is 22.5 Å². The van der Waals surface area contributed by atoms with Gasteiger partial charge < -0.3 is 9.84 Å². The van der Waals surface area contributed by atoms with E-state index in [4.69, 9.17) is 4.52 Å². The van der Waals surface area contributed by atoms with Crippen LogP contribution in [0.1, 0.15) is 12.6 Å². The molecule has 126 valence electrons. The van der Waals surface area contributed by atoms with E-state index in [0.29, 0.717) is 10.0 Å². The zero-order valence-corrected chi connectivity index (χ0v) is 13.6. The van der Waals surface area contributed by atoms with E-state index in [-0.39, 0.29) is 16.9 Å². The highest BCUT2D eigenvalue weighted by Crippen LogP contribution is 2.30. The molecule has 0 aromatic carbocycles. The SMILES string of the molecule is Cc1cc(NC(=O)[C@H](C)Sc2nnc(NCC(F)(F)F)s2)on1. The number of thioether (sulfide) groups is 1. The lowest BCUT2D eigenvalue weighted by Gasteiger charge is -2.07. The van der Waals surface area contributed by atoms with Crippen LogP contribution in [0, 0.1) is 6.92 Å². The van der Waals surface area contributed by atoms with Crippen LogP contribution in [0.15, 0.2) is 14.9 Å². The molecule has 7 nitrogen and oxygen atoms in total. The van der Waals surface area contributed by atoms with Gasteiger partial charge in [0.2, 0.25) is 16.9 Å². The van der Waals surface area contributed by atoms with Crippen molar-refractivity contribution in [2.45, 2.75) is 29.6 Å². The van der Waals surface area contributed by atoms with Gasteiger partial charge in [-0.15, -0.1) is 10.2 Å². The van der Waals surface area contributed by atoms with Crippen LogP contribution in [0.5, 0.6) is 0 Å². The number of aromatic nitrogens is 3. The zero-order valence-electron chi connectivity index (χ0n) is 12.0. The molecule has 0 aliphatic heterocycles. The fourth-order valence-electron chi connectivity index (χ4n) is 1.35. The van der Waals surface area contributed by atoms with Gasteiger partial charge in [-0.25, -0.2) is 0 Å². The molecule has 1 atom stereocenters. The van der Waals surface area contributed by atoms with Crippen molar-refractivity contribution in [2.24, 2.45) is 0 Å². The third-order valence-corrected chi connectivity index (χ3v) is 4.43. The summed E-state index contributed by atoms with van der Waals surface area (Å²) in [5, 5.41) is 15.1. The molecule has 0 unspecified atom stereocenters. The minimum absolute atomic E-state index is 0.0447. The number of nitrogens with one attached hydrogen (secondary N) is 2. The Balaban J connectivity index is 1.86. The van der Waals surface area contributed by atoms with Crippen LogP contribution in [0.25, 0.3) is 0 Å². The molecule has 0 saturated carbocycles. The van der Waals surface area contributed by atoms with E-state index >= 15 is 0 Å².